The summed E-state index contributed by atoms with van der Waals surface area (Å²) < 4.78 is 0. The zero-order chi connectivity index (χ0) is 19.4. The van der Waals surface area contributed by atoms with Crippen molar-refractivity contribution in [2.75, 3.05) is 18.9 Å². The minimum atomic E-state index is -0.306. The van der Waals surface area contributed by atoms with Crippen LogP contribution >= 0.6 is 0 Å². The Kier molecular flexibility index (Phi) is 5.50. The summed E-state index contributed by atoms with van der Waals surface area (Å²) in [5.74, 6) is -0.169. The Bertz CT molecular complexity index is 918. The van der Waals surface area contributed by atoms with Gasteiger partial charge in [0.1, 0.15) is 6.29 Å². The fourth-order valence-corrected chi connectivity index (χ4v) is 3.38. The number of fused-ring (bicyclic) bond motifs is 3. The molecule has 0 spiro atoms. The molecule has 2 amide bonds. The summed E-state index contributed by atoms with van der Waals surface area (Å²) in [5, 5.41) is 2.91. The molecule has 0 aliphatic heterocycles. The van der Waals surface area contributed by atoms with E-state index in [1.807, 2.05) is 30.3 Å². The first-order valence-electron chi connectivity index (χ1n) is 8.91. The van der Waals surface area contributed by atoms with Crippen LogP contribution in [0.3, 0.4) is 0 Å². The van der Waals surface area contributed by atoms with Crippen molar-refractivity contribution in [2.45, 2.75) is 19.3 Å². The van der Waals surface area contributed by atoms with E-state index in [-0.39, 0.29) is 24.8 Å². The predicted molar refractivity (Wildman–Crippen MR) is 105 cm³/mol. The van der Waals surface area contributed by atoms with Crippen molar-refractivity contribution in [1.29, 1.82) is 0 Å². The number of carbonyl (C=O) groups is 3. The highest BCUT2D eigenvalue weighted by Crippen LogP contribution is 2.45. The fraction of sp³-hybridized carbons (Fsp3) is 0.227. The molecule has 1 aliphatic rings. The molecule has 0 bridgehead atoms. The molecule has 1 N–H and O–H groups in total. The average molecular weight is 362 g/mol. The standard InChI is InChI=1S/C22H22N2O3/c1-15-17-6-3-4-7-18(17)19-10-9-16(14-20(15)19)23-21(26)11-12-24(2)22(27)8-5-13-25/h3-10,13-15H,11-12H2,1-2H3,(H,23,26)/b8-5-. The van der Waals surface area contributed by atoms with Crippen molar-refractivity contribution in [2.24, 2.45) is 0 Å². The van der Waals surface area contributed by atoms with E-state index in [9.17, 15) is 14.4 Å². The molecule has 138 valence electrons. The van der Waals surface area contributed by atoms with Crippen LogP contribution in [-0.4, -0.2) is 36.6 Å². The largest absolute Gasteiger partial charge is 0.342 e. The van der Waals surface area contributed by atoms with Crippen molar-refractivity contribution in [3.8, 4) is 11.1 Å². The number of allylic oxidation sites excluding steroid dienone is 1. The number of likely N-dealkylation sites (N-methyl/N-ethyl adjacent to an activating group) is 1. The molecule has 2 aromatic rings. The van der Waals surface area contributed by atoms with Crippen LogP contribution in [0.5, 0.6) is 0 Å². The molecular weight excluding hydrogens is 340 g/mol. The Morgan fingerprint density at radius 3 is 2.63 bits per heavy atom. The quantitative estimate of drug-likeness (QED) is 0.633. The third-order valence-corrected chi connectivity index (χ3v) is 4.89. The predicted octanol–water partition coefficient (Wildman–Crippen LogP) is 3.36. The van der Waals surface area contributed by atoms with E-state index in [4.69, 9.17) is 0 Å². The topological polar surface area (TPSA) is 66.5 Å². The Hall–Kier alpha value is -3.21. The molecule has 5 nitrogen and oxygen atoms in total. The van der Waals surface area contributed by atoms with Gasteiger partial charge in [0.05, 0.1) is 0 Å². The van der Waals surface area contributed by atoms with Gasteiger partial charge in [0.15, 0.2) is 0 Å². The fourth-order valence-electron chi connectivity index (χ4n) is 3.38. The van der Waals surface area contributed by atoms with Crippen LogP contribution in [0.2, 0.25) is 0 Å². The summed E-state index contributed by atoms with van der Waals surface area (Å²) in [7, 11) is 1.60. The monoisotopic (exact) mass is 362 g/mol. The number of anilines is 1. The van der Waals surface area contributed by atoms with E-state index in [1.165, 1.54) is 33.2 Å². The van der Waals surface area contributed by atoms with Gasteiger partial charge < -0.3 is 10.2 Å². The SMILES string of the molecule is CC1c2ccccc2-c2ccc(NC(=O)CCN(C)C(=O)/C=C\C=O)cc21. The Morgan fingerprint density at radius 1 is 1.11 bits per heavy atom. The lowest BCUT2D eigenvalue weighted by Gasteiger charge is -2.15. The van der Waals surface area contributed by atoms with Crippen LogP contribution < -0.4 is 5.32 Å². The normalized spacial score (nSPS) is 14.5. The van der Waals surface area contributed by atoms with E-state index in [0.29, 0.717) is 12.2 Å². The zero-order valence-corrected chi connectivity index (χ0v) is 15.4. The van der Waals surface area contributed by atoms with E-state index in [1.54, 1.807) is 7.05 Å². The second-order valence-electron chi connectivity index (χ2n) is 6.66. The summed E-state index contributed by atoms with van der Waals surface area (Å²) in [6.07, 6.45) is 3.06. The van der Waals surface area contributed by atoms with Gasteiger partial charge in [-0.1, -0.05) is 37.3 Å². The molecule has 1 atom stereocenters. The van der Waals surface area contributed by atoms with E-state index in [0.717, 1.165) is 11.8 Å². The Labute approximate surface area is 158 Å². The van der Waals surface area contributed by atoms with Gasteiger partial charge in [0.25, 0.3) is 0 Å². The van der Waals surface area contributed by atoms with Gasteiger partial charge in [-0.25, -0.2) is 0 Å². The Balaban J connectivity index is 1.62. The van der Waals surface area contributed by atoms with Gasteiger partial charge in [0, 0.05) is 37.7 Å². The highest BCUT2D eigenvalue weighted by molar-refractivity contribution is 5.93. The van der Waals surface area contributed by atoms with Gasteiger partial charge in [0.2, 0.25) is 11.8 Å². The molecule has 2 aromatic carbocycles. The van der Waals surface area contributed by atoms with Crippen molar-refractivity contribution in [3.63, 3.8) is 0 Å². The number of hydrogen-bond donors (Lipinski definition) is 1. The summed E-state index contributed by atoms with van der Waals surface area (Å²) in [6.45, 7) is 2.45. The number of rotatable bonds is 6. The summed E-state index contributed by atoms with van der Waals surface area (Å²) in [5.41, 5.74) is 5.73. The number of amides is 2. The van der Waals surface area contributed by atoms with Gasteiger partial charge in [-0.05, 0) is 40.5 Å². The molecule has 0 aromatic heterocycles. The van der Waals surface area contributed by atoms with Gasteiger partial charge >= 0.3 is 0 Å². The molecule has 0 radical (unpaired) electrons. The van der Waals surface area contributed by atoms with Crippen LogP contribution in [-0.2, 0) is 14.4 Å². The van der Waals surface area contributed by atoms with Crippen LogP contribution in [0, 0.1) is 0 Å². The second kappa shape index (κ2) is 7.99. The van der Waals surface area contributed by atoms with Crippen molar-refractivity contribution in [3.05, 3.63) is 65.7 Å². The second-order valence-corrected chi connectivity index (χ2v) is 6.66. The number of hydrogen-bond acceptors (Lipinski definition) is 3. The molecular formula is C22H22N2O3. The lowest BCUT2D eigenvalue weighted by atomic mass is 9.99. The summed E-state index contributed by atoms with van der Waals surface area (Å²) >= 11 is 0. The first-order valence-corrected chi connectivity index (χ1v) is 8.91. The number of nitrogens with one attached hydrogen (secondary N) is 1. The van der Waals surface area contributed by atoms with E-state index < -0.39 is 0 Å². The molecule has 1 unspecified atom stereocenters. The molecule has 5 heteroatoms. The highest BCUT2D eigenvalue weighted by Gasteiger charge is 2.25. The number of benzene rings is 2. The third-order valence-electron chi connectivity index (χ3n) is 4.89. The lowest BCUT2D eigenvalue weighted by Crippen LogP contribution is -2.28. The first-order chi connectivity index (χ1) is 13.0. The maximum Gasteiger partial charge on any atom is 0.246 e. The summed E-state index contributed by atoms with van der Waals surface area (Å²) in [6, 6.07) is 14.3. The minimum Gasteiger partial charge on any atom is -0.342 e. The minimum absolute atomic E-state index is 0.155. The number of nitrogens with zero attached hydrogens (tertiary/aromatic N) is 1. The van der Waals surface area contributed by atoms with Gasteiger partial charge in [-0.3, -0.25) is 14.4 Å². The average Bonchev–Trinajstić information content (AvgIpc) is 2.96. The Morgan fingerprint density at radius 2 is 1.85 bits per heavy atom. The molecule has 1 aliphatic carbocycles. The molecule has 0 saturated carbocycles. The van der Waals surface area contributed by atoms with Gasteiger partial charge in [-0.15, -0.1) is 0 Å². The first kappa shape index (κ1) is 18.6. The van der Waals surface area contributed by atoms with Crippen molar-refractivity contribution < 1.29 is 14.4 Å². The zero-order valence-electron chi connectivity index (χ0n) is 15.4. The maximum atomic E-state index is 12.2. The number of carbonyl (C=O) groups excluding carboxylic acids is 3. The van der Waals surface area contributed by atoms with E-state index >= 15 is 0 Å². The van der Waals surface area contributed by atoms with Crippen molar-refractivity contribution >= 4 is 23.8 Å². The lowest BCUT2D eigenvalue weighted by molar-refractivity contribution is -0.125. The smallest absolute Gasteiger partial charge is 0.246 e. The highest BCUT2D eigenvalue weighted by atomic mass is 16.2. The molecule has 0 heterocycles. The van der Waals surface area contributed by atoms with E-state index in [2.05, 4.69) is 24.4 Å². The maximum absolute atomic E-state index is 12.2. The van der Waals surface area contributed by atoms with Crippen molar-refractivity contribution in [1.82, 2.24) is 4.90 Å². The third kappa shape index (κ3) is 3.97. The molecule has 0 fully saturated rings. The van der Waals surface area contributed by atoms with Crippen LogP contribution in [0.15, 0.2) is 54.6 Å². The molecule has 27 heavy (non-hydrogen) atoms. The molecule has 3 rings (SSSR count). The van der Waals surface area contributed by atoms with Gasteiger partial charge in [-0.2, -0.15) is 0 Å². The van der Waals surface area contributed by atoms with Crippen LogP contribution in [0.4, 0.5) is 5.69 Å². The molecule has 0 saturated heterocycles. The van der Waals surface area contributed by atoms with Crippen LogP contribution in [0.25, 0.3) is 11.1 Å². The van der Waals surface area contributed by atoms with Crippen LogP contribution in [0.1, 0.15) is 30.4 Å². The number of aldehydes is 1. The summed E-state index contributed by atoms with van der Waals surface area (Å²) in [4.78, 5) is 35.6.